The van der Waals surface area contributed by atoms with Crippen molar-refractivity contribution >= 4 is 27.6 Å². The van der Waals surface area contributed by atoms with Gasteiger partial charge in [0.2, 0.25) is 5.95 Å². The lowest BCUT2D eigenvalue weighted by atomic mass is 10.2. The fraction of sp³-hybridized carbons (Fsp3) is 0.261. The SMILES string of the molecule is O=C(c1ccc(NS(=O)(=O)c2cccc(F)c2)cc1)N1Cc2cnc(N3CCOCC3)nc2C1. The molecular weight excluding hydrogens is 461 g/mol. The molecule has 1 fully saturated rings. The van der Waals surface area contributed by atoms with Gasteiger partial charge < -0.3 is 14.5 Å². The minimum atomic E-state index is -3.95. The van der Waals surface area contributed by atoms with Gasteiger partial charge in [-0.2, -0.15) is 0 Å². The van der Waals surface area contributed by atoms with E-state index >= 15 is 0 Å². The summed E-state index contributed by atoms with van der Waals surface area (Å²) in [7, 11) is -3.95. The lowest BCUT2D eigenvalue weighted by Gasteiger charge is -2.26. The highest BCUT2D eigenvalue weighted by Crippen LogP contribution is 2.25. The van der Waals surface area contributed by atoms with Crippen LogP contribution in [0, 0.1) is 5.82 Å². The summed E-state index contributed by atoms with van der Waals surface area (Å²) in [6, 6.07) is 10.9. The number of aromatic nitrogens is 2. The molecule has 1 saturated heterocycles. The maximum Gasteiger partial charge on any atom is 0.261 e. The van der Waals surface area contributed by atoms with Crippen LogP contribution in [0.25, 0.3) is 0 Å². The Morgan fingerprint density at radius 2 is 1.82 bits per heavy atom. The standard InChI is InChI=1S/C23H22FN5O4S/c24-18-2-1-3-20(12-18)34(31,32)27-19-6-4-16(5-7-19)22(30)29-14-17-13-25-23(26-21(17)15-29)28-8-10-33-11-9-28/h1-7,12-13,27H,8-11,14-15H2. The molecule has 3 aromatic rings. The Labute approximate surface area is 196 Å². The predicted octanol–water partition coefficient (Wildman–Crippen LogP) is 2.41. The lowest BCUT2D eigenvalue weighted by Crippen LogP contribution is -2.37. The molecule has 2 aliphatic heterocycles. The molecule has 1 aromatic heterocycles. The molecule has 2 aliphatic rings. The molecule has 34 heavy (non-hydrogen) atoms. The smallest absolute Gasteiger partial charge is 0.261 e. The quantitative estimate of drug-likeness (QED) is 0.594. The van der Waals surface area contributed by atoms with Crippen LogP contribution in [0.3, 0.4) is 0 Å². The highest BCUT2D eigenvalue weighted by Gasteiger charge is 2.27. The molecule has 0 atom stereocenters. The Balaban J connectivity index is 1.26. The number of ether oxygens (including phenoxy) is 1. The van der Waals surface area contributed by atoms with Gasteiger partial charge in [-0.1, -0.05) is 6.07 Å². The molecule has 0 bridgehead atoms. The Morgan fingerprint density at radius 1 is 1.06 bits per heavy atom. The zero-order valence-electron chi connectivity index (χ0n) is 18.1. The Morgan fingerprint density at radius 3 is 2.56 bits per heavy atom. The molecule has 5 rings (SSSR count). The summed E-state index contributed by atoms with van der Waals surface area (Å²) in [5, 5.41) is 0. The van der Waals surface area contributed by atoms with E-state index in [1.807, 2.05) is 0 Å². The van der Waals surface area contributed by atoms with E-state index in [-0.39, 0.29) is 16.5 Å². The van der Waals surface area contributed by atoms with E-state index in [0.717, 1.165) is 30.4 Å². The molecular formula is C23H22FN5O4S. The normalized spacial score (nSPS) is 15.8. The van der Waals surface area contributed by atoms with E-state index in [1.165, 1.54) is 30.3 Å². The third-order valence-corrected chi connectivity index (χ3v) is 7.09. The first-order valence-corrected chi connectivity index (χ1v) is 12.2. The van der Waals surface area contributed by atoms with Crippen molar-refractivity contribution in [1.29, 1.82) is 0 Å². The van der Waals surface area contributed by atoms with Crippen LogP contribution in [0.1, 0.15) is 21.6 Å². The van der Waals surface area contributed by atoms with Crippen molar-refractivity contribution in [2.45, 2.75) is 18.0 Å². The molecule has 9 nitrogen and oxygen atoms in total. The number of carbonyl (C=O) groups is 1. The van der Waals surface area contributed by atoms with Crippen LogP contribution in [-0.4, -0.2) is 55.5 Å². The van der Waals surface area contributed by atoms with Crippen molar-refractivity contribution in [2.24, 2.45) is 0 Å². The van der Waals surface area contributed by atoms with Crippen molar-refractivity contribution in [2.75, 3.05) is 35.9 Å². The second-order valence-corrected chi connectivity index (χ2v) is 9.73. The molecule has 0 spiro atoms. The zero-order valence-corrected chi connectivity index (χ0v) is 19.0. The summed E-state index contributed by atoms with van der Waals surface area (Å²) < 4.78 is 46.1. The minimum absolute atomic E-state index is 0.181. The fourth-order valence-electron chi connectivity index (χ4n) is 3.91. The summed E-state index contributed by atoms with van der Waals surface area (Å²) in [4.78, 5) is 25.7. The molecule has 176 valence electrons. The summed E-state index contributed by atoms with van der Waals surface area (Å²) in [5.41, 5.74) is 2.42. The number of hydrogen-bond acceptors (Lipinski definition) is 7. The van der Waals surface area contributed by atoms with Crippen molar-refractivity contribution in [3.05, 3.63) is 77.4 Å². The van der Waals surface area contributed by atoms with Crippen LogP contribution in [0.5, 0.6) is 0 Å². The lowest BCUT2D eigenvalue weighted by molar-refractivity contribution is 0.0750. The van der Waals surface area contributed by atoms with Gasteiger partial charge in [0, 0.05) is 42.6 Å². The number of nitrogens with zero attached hydrogens (tertiary/aromatic N) is 4. The van der Waals surface area contributed by atoms with Crippen molar-refractivity contribution in [1.82, 2.24) is 14.9 Å². The second kappa shape index (κ2) is 8.99. The number of hydrogen-bond donors (Lipinski definition) is 1. The van der Waals surface area contributed by atoms with Crippen LogP contribution < -0.4 is 9.62 Å². The number of morpholine rings is 1. The van der Waals surface area contributed by atoms with Gasteiger partial charge in [-0.3, -0.25) is 9.52 Å². The third kappa shape index (κ3) is 4.57. The van der Waals surface area contributed by atoms with E-state index in [4.69, 9.17) is 4.74 Å². The molecule has 0 aliphatic carbocycles. The molecule has 0 radical (unpaired) electrons. The van der Waals surface area contributed by atoms with E-state index in [9.17, 15) is 17.6 Å². The largest absolute Gasteiger partial charge is 0.378 e. The van der Waals surface area contributed by atoms with Crippen LogP contribution in [0.4, 0.5) is 16.0 Å². The molecule has 0 unspecified atom stereocenters. The van der Waals surface area contributed by atoms with Crippen LogP contribution in [0.15, 0.2) is 59.6 Å². The fourth-order valence-corrected chi connectivity index (χ4v) is 5.00. The van der Waals surface area contributed by atoms with E-state index in [1.54, 1.807) is 23.2 Å². The number of halogens is 1. The molecule has 0 saturated carbocycles. The maximum atomic E-state index is 13.4. The van der Waals surface area contributed by atoms with E-state index < -0.39 is 15.8 Å². The minimum Gasteiger partial charge on any atom is -0.378 e. The van der Waals surface area contributed by atoms with E-state index in [0.29, 0.717) is 37.8 Å². The first kappa shape index (κ1) is 22.2. The van der Waals surface area contributed by atoms with Crippen molar-refractivity contribution in [3.8, 4) is 0 Å². The highest BCUT2D eigenvalue weighted by atomic mass is 32.2. The topological polar surface area (TPSA) is 105 Å². The second-order valence-electron chi connectivity index (χ2n) is 8.04. The summed E-state index contributed by atoms with van der Waals surface area (Å²) >= 11 is 0. The Hall–Kier alpha value is -3.57. The van der Waals surface area contributed by atoms with Gasteiger partial charge in [0.05, 0.1) is 30.3 Å². The van der Waals surface area contributed by atoms with E-state index in [2.05, 4.69) is 19.6 Å². The van der Waals surface area contributed by atoms with Crippen LogP contribution in [0.2, 0.25) is 0 Å². The molecule has 1 amide bonds. The van der Waals surface area contributed by atoms with Gasteiger partial charge in [-0.15, -0.1) is 0 Å². The highest BCUT2D eigenvalue weighted by molar-refractivity contribution is 7.92. The van der Waals surface area contributed by atoms with Gasteiger partial charge in [0.25, 0.3) is 15.9 Å². The van der Waals surface area contributed by atoms with Gasteiger partial charge in [-0.05, 0) is 42.5 Å². The maximum absolute atomic E-state index is 13.4. The van der Waals surface area contributed by atoms with Gasteiger partial charge >= 0.3 is 0 Å². The Kier molecular flexibility index (Phi) is 5.88. The number of benzene rings is 2. The summed E-state index contributed by atoms with van der Waals surface area (Å²) in [5.74, 6) is -0.186. The predicted molar refractivity (Wildman–Crippen MR) is 122 cm³/mol. The average molecular weight is 484 g/mol. The number of rotatable bonds is 5. The molecule has 3 heterocycles. The van der Waals surface area contributed by atoms with Gasteiger partial charge in [0.1, 0.15) is 5.82 Å². The number of sulfonamides is 1. The number of fused-ring (bicyclic) bond motifs is 1. The van der Waals surface area contributed by atoms with Crippen LogP contribution >= 0.6 is 0 Å². The van der Waals surface area contributed by atoms with Crippen LogP contribution in [-0.2, 0) is 27.8 Å². The Bertz CT molecular complexity index is 1330. The summed E-state index contributed by atoms with van der Waals surface area (Å²) in [6.45, 7) is 3.53. The van der Waals surface area contributed by atoms with Gasteiger partial charge in [-0.25, -0.2) is 22.8 Å². The summed E-state index contributed by atoms with van der Waals surface area (Å²) in [6.07, 6.45) is 1.77. The first-order chi connectivity index (χ1) is 16.4. The zero-order chi connectivity index (χ0) is 23.7. The number of amides is 1. The average Bonchev–Trinajstić information content (AvgIpc) is 3.28. The van der Waals surface area contributed by atoms with Crippen molar-refractivity contribution < 1.29 is 22.3 Å². The van der Waals surface area contributed by atoms with Crippen molar-refractivity contribution in [3.63, 3.8) is 0 Å². The number of carbonyl (C=O) groups excluding carboxylic acids is 1. The molecule has 2 aromatic carbocycles. The monoisotopic (exact) mass is 483 g/mol. The molecule has 11 heteroatoms. The third-order valence-electron chi connectivity index (χ3n) is 5.71. The number of anilines is 2. The molecule has 1 N–H and O–H groups in total. The van der Waals surface area contributed by atoms with Gasteiger partial charge in [0.15, 0.2) is 0 Å². The number of nitrogens with one attached hydrogen (secondary N) is 1. The first-order valence-electron chi connectivity index (χ1n) is 10.7.